The van der Waals surface area contributed by atoms with Crippen LogP contribution in [-0.4, -0.2) is 55.0 Å². The van der Waals surface area contributed by atoms with Gasteiger partial charge in [-0.15, -0.1) is 11.3 Å². The zero-order chi connectivity index (χ0) is 20.1. The SMILES string of the molecule is N#Cc1c(NC(=O)CCN2CCN(CCc3ccccc3)CC2)sc2c1CCC2. The molecule has 1 aromatic heterocycles. The highest BCUT2D eigenvalue weighted by atomic mass is 32.1. The van der Waals surface area contributed by atoms with Gasteiger partial charge in [0.05, 0.1) is 5.56 Å². The zero-order valence-electron chi connectivity index (χ0n) is 16.8. The molecule has 5 nitrogen and oxygen atoms in total. The van der Waals surface area contributed by atoms with Gasteiger partial charge in [-0.25, -0.2) is 0 Å². The van der Waals surface area contributed by atoms with Gasteiger partial charge in [0.15, 0.2) is 0 Å². The molecule has 1 aliphatic carbocycles. The number of amides is 1. The van der Waals surface area contributed by atoms with Gasteiger partial charge in [-0.2, -0.15) is 5.26 Å². The quantitative estimate of drug-likeness (QED) is 0.764. The standard InChI is InChI=1S/C23H28N4OS/c24-17-20-19-7-4-8-21(19)29-23(20)25-22(28)10-12-27-15-13-26(14-16-27)11-9-18-5-2-1-3-6-18/h1-3,5-6H,4,7-16H2,(H,25,28). The molecule has 29 heavy (non-hydrogen) atoms. The Kier molecular flexibility index (Phi) is 6.60. The van der Waals surface area contributed by atoms with Gasteiger partial charge in [-0.3, -0.25) is 4.79 Å². The van der Waals surface area contributed by atoms with Crippen LogP contribution in [0, 0.1) is 11.3 Å². The molecule has 1 fully saturated rings. The average molecular weight is 409 g/mol. The number of fused-ring (bicyclic) bond motifs is 1. The summed E-state index contributed by atoms with van der Waals surface area (Å²) in [5.74, 6) is 0.0212. The summed E-state index contributed by atoms with van der Waals surface area (Å²) >= 11 is 1.59. The molecular formula is C23H28N4OS. The summed E-state index contributed by atoms with van der Waals surface area (Å²) in [6, 6.07) is 12.9. The summed E-state index contributed by atoms with van der Waals surface area (Å²) in [6.07, 6.45) is 4.71. The highest BCUT2D eigenvalue weighted by Gasteiger charge is 2.23. The molecule has 0 atom stereocenters. The van der Waals surface area contributed by atoms with Crippen molar-refractivity contribution < 1.29 is 4.79 Å². The molecule has 0 radical (unpaired) electrons. The van der Waals surface area contributed by atoms with Crippen molar-refractivity contribution in [1.82, 2.24) is 9.80 Å². The third-order valence-corrected chi connectivity index (χ3v) is 7.17. The van der Waals surface area contributed by atoms with Gasteiger partial charge in [0.1, 0.15) is 11.1 Å². The summed E-state index contributed by atoms with van der Waals surface area (Å²) in [7, 11) is 0. The lowest BCUT2D eigenvalue weighted by atomic mass is 10.1. The lowest BCUT2D eigenvalue weighted by Gasteiger charge is -2.34. The fourth-order valence-electron chi connectivity index (χ4n) is 4.23. The van der Waals surface area contributed by atoms with Crippen LogP contribution in [0.2, 0.25) is 0 Å². The Bertz CT molecular complexity index is 878. The monoisotopic (exact) mass is 408 g/mol. The first-order valence-corrected chi connectivity index (χ1v) is 11.4. The van der Waals surface area contributed by atoms with E-state index in [1.807, 2.05) is 0 Å². The zero-order valence-corrected chi connectivity index (χ0v) is 17.6. The normalized spacial score (nSPS) is 17.1. The van der Waals surface area contributed by atoms with Gasteiger partial charge in [0.2, 0.25) is 5.91 Å². The molecular weight excluding hydrogens is 380 g/mol. The molecule has 1 saturated heterocycles. The van der Waals surface area contributed by atoms with Gasteiger partial charge in [0, 0.05) is 50.6 Å². The van der Waals surface area contributed by atoms with Gasteiger partial charge in [0.25, 0.3) is 0 Å². The van der Waals surface area contributed by atoms with E-state index in [4.69, 9.17) is 0 Å². The fraction of sp³-hybridized carbons (Fsp3) is 0.478. The maximum atomic E-state index is 12.4. The van der Waals surface area contributed by atoms with E-state index in [0.717, 1.165) is 70.0 Å². The molecule has 1 N–H and O–H groups in total. The number of piperazine rings is 1. The molecule has 2 aromatic rings. The van der Waals surface area contributed by atoms with Crippen LogP contribution in [-0.2, 0) is 24.1 Å². The van der Waals surface area contributed by atoms with Crippen LogP contribution in [0.4, 0.5) is 5.00 Å². The Morgan fingerprint density at radius 3 is 2.52 bits per heavy atom. The summed E-state index contributed by atoms with van der Waals surface area (Å²) in [5.41, 5.74) is 3.25. The van der Waals surface area contributed by atoms with E-state index in [1.54, 1.807) is 11.3 Å². The van der Waals surface area contributed by atoms with Crippen LogP contribution in [0.25, 0.3) is 0 Å². The van der Waals surface area contributed by atoms with Crippen molar-refractivity contribution in [2.45, 2.75) is 32.1 Å². The summed E-state index contributed by atoms with van der Waals surface area (Å²) in [6.45, 7) is 6.02. The number of hydrogen-bond donors (Lipinski definition) is 1. The van der Waals surface area contributed by atoms with E-state index in [2.05, 4.69) is 51.5 Å². The Morgan fingerprint density at radius 2 is 1.79 bits per heavy atom. The molecule has 0 saturated carbocycles. The summed E-state index contributed by atoms with van der Waals surface area (Å²) < 4.78 is 0. The molecule has 6 heteroatoms. The van der Waals surface area contributed by atoms with E-state index in [1.165, 1.54) is 16.0 Å². The van der Waals surface area contributed by atoms with Crippen LogP contribution in [0.5, 0.6) is 0 Å². The molecule has 152 valence electrons. The minimum Gasteiger partial charge on any atom is -0.317 e. The van der Waals surface area contributed by atoms with Crippen molar-refractivity contribution in [2.24, 2.45) is 0 Å². The minimum atomic E-state index is 0.0212. The van der Waals surface area contributed by atoms with Crippen molar-refractivity contribution >= 4 is 22.2 Å². The number of benzene rings is 1. The summed E-state index contributed by atoms with van der Waals surface area (Å²) in [4.78, 5) is 18.6. The first kappa shape index (κ1) is 20.1. The van der Waals surface area contributed by atoms with E-state index in [0.29, 0.717) is 12.0 Å². The first-order chi connectivity index (χ1) is 14.2. The van der Waals surface area contributed by atoms with Crippen molar-refractivity contribution in [3.63, 3.8) is 0 Å². The van der Waals surface area contributed by atoms with E-state index < -0.39 is 0 Å². The van der Waals surface area contributed by atoms with Gasteiger partial charge >= 0.3 is 0 Å². The summed E-state index contributed by atoms with van der Waals surface area (Å²) in [5, 5.41) is 13.2. The van der Waals surface area contributed by atoms with E-state index >= 15 is 0 Å². The number of aryl methyl sites for hydroxylation is 1. The van der Waals surface area contributed by atoms with Gasteiger partial charge in [-0.05, 0) is 36.8 Å². The number of anilines is 1. The van der Waals surface area contributed by atoms with Crippen LogP contribution < -0.4 is 5.32 Å². The van der Waals surface area contributed by atoms with Crippen molar-refractivity contribution in [3.8, 4) is 6.07 Å². The second kappa shape index (κ2) is 9.53. The lowest BCUT2D eigenvalue weighted by Crippen LogP contribution is -2.47. The predicted molar refractivity (Wildman–Crippen MR) is 117 cm³/mol. The Morgan fingerprint density at radius 1 is 1.07 bits per heavy atom. The molecule has 4 rings (SSSR count). The van der Waals surface area contributed by atoms with Crippen LogP contribution in [0.1, 0.15) is 34.4 Å². The van der Waals surface area contributed by atoms with Crippen LogP contribution in [0.15, 0.2) is 30.3 Å². The number of hydrogen-bond acceptors (Lipinski definition) is 5. The number of nitrogens with zero attached hydrogens (tertiary/aromatic N) is 3. The van der Waals surface area contributed by atoms with Crippen molar-refractivity contribution in [3.05, 3.63) is 51.9 Å². The number of thiophene rings is 1. The molecule has 2 heterocycles. The highest BCUT2D eigenvalue weighted by Crippen LogP contribution is 2.38. The third-order valence-electron chi connectivity index (χ3n) is 5.97. The van der Waals surface area contributed by atoms with E-state index in [9.17, 15) is 10.1 Å². The van der Waals surface area contributed by atoms with Crippen LogP contribution >= 0.6 is 11.3 Å². The molecule has 0 unspecified atom stereocenters. The third kappa shape index (κ3) is 5.05. The molecule has 1 amide bonds. The van der Waals surface area contributed by atoms with Crippen molar-refractivity contribution in [1.29, 1.82) is 5.26 Å². The van der Waals surface area contributed by atoms with E-state index in [-0.39, 0.29) is 5.91 Å². The van der Waals surface area contributed by atoms with Crippen molar-refractivity contribution in [2.75, 3.05) is 44.6 Å². The number of rotatable bonds is 7. The molecule has 1 aliphatic heterocycles. The Balaban J connectivity index is 1.18. The number of carbonyl (C=O) groups excluding carboxylic acids is 1. The maximum Gasteiger partial charge on any atom is 0.226 e. The molecule has 1 aromatic carbocycles. The highest BCUT2D eigenvalue weighted by molar-refractivity contribution is 7.16. The fourth-order valence-corrected chi connectivity index (χ4v) is 5.48. The second-order valence-corrected chi connectivity index (χ2v) is 9.00. The minimum absolute atomic E-state index is 0.0212. The molecule has 2 aliphatic rings. The van der Waals surface area contributed by atoms with Gasteiger partial charge < -0.3 is 15.1 Å². The Hall–Kier alpha value is -2.20. The van der Waals surface area contributed by atoms with Crippen LogP contribution in [0.3, 0.4) is 0 Å². The number of nitrogens with one attached hydrogen (secondary N) is 1. The average Bonchev–Trinajstić information content (AvgIpc) is 3.33. The smallest absolute Gasteiger partial charge is 0.226 e. The topological polar surface area (TPSA) is 59.4 Å². The second-order valence-electron chi connectivity index (χ2n) is 7.89. The van der Waals surface area contributed by atoms with Gasteiger partial charge in [-0.1, -0.05) is 30.3 Å². The largest absolute Gasteiger partial charge is 0.317 e. The molecule has 0 bridgehead atoms. The predicted octanol–water partition coefficient (Wildman–Crippen LogP) is 3.30. The molecule has 0 spiro atoms. The lowest BCUT2D eigenvalue weighted by molar-refractivity contribution is -0.116. The number of nitriles is 1. The maximum absolute atomic E-state index is 12.4. The Labute approximate surface area is 176 Å². The first-order valence-electron chi connectivity index (χ1n) is 10.6. The number of carbonyl (C=O) groups is 1.